The third-order valence-corrected chi connectivity index (χ3v) is 2.44. The number of benzene rings is 1. The van der Waals surface area contributed by atoms with Crippen molar-refractivity contribution in [2.75, 3.05) is 7.11 Å². The zero-order valence-electron chi connectivity index (χ0n) is 10.5. The minimum Gasteiger partial charge on any atom is -0.465 e. The first-order valence-electron chi connectivity index (χ1n) is 5.56. The molecule has 20 heavy (non-hydrogen) atoms. The molecule has 2 aromatic rings. The fourth-order valence-electron chi connectivity index (χ4n) is 1.53. The topological polar surface area (TPSA) is 91.6 Å². The molecular formula is C13H10N2O5. The van der Waals surface area contributed by atoms with Crippen LogP contribution in [0.3, 0.4) is 0 Å². The Morgan fingerprint density at radius 3 is 2.75 bits per heavy atom. The SMILES string of the molecule is COC(=O)c1ccc([N+](=O)[O-])c(Oc2cccnc2)c1. The number of rotatable bonds is 4. The van der Waals surface area contributed by atoms with Crippen LogP contribution in [0.4, 0.5) is 5.69 Å². The number of hydrogen-bond acceptors (Lipinski definition) is 6. The Hall–Kier alpha value is -2.96. The molecule has 0 saturated carbocycles. The molecule has 0 saturated heterocycles. The van der Waals surface area contributed by atoms with Crippen molar-refractivity contribution in [3.63, 3.8) is 0 Å². The molecule has 0 amide bonds. The van der Waals surface area contributed by atoms with Crippen LogP contribution in [0.25, 0.3) is 0 Å². The molecule has 0 aliphatic rings. The van der Waals surface area contributed by atoms with E-state index < -0.39 is 10.9 Å². The van der Waals surface area contributed by atoms with Crippen LogP contribution >= 0.6 is 0 Å². The summed E-state index contributed by atoms with van der Waals surface area (Å²) in [5, 5.41) is 11.0. The Labute approximate surface area is 113 Å². The molecule has 0 unspecified atom stereocenters. The molecule has 1 aromatic carbocycles. The molecule has 7 nitrogen and oxygen atoms in total. The Bertz CT molecular complexity index is 642. The molecule has 2 rings (SSSR count). The second-order valence-corrected chi connectivity index (χ2v) is 3.72. The maximum Gasteiger partial charge on any atom is 0.337 e. The molecule has 7 heteroatoms. The molecule has 0 atom stereocenters. The largest absolute Gasteiger partial charge is 0.465 e. The molecule has 1 aromatic heterocycles. The van der Waals surface area contributed by atoms with Crippen LogP contribution < -0.4 is 4.74 Å². The summed E-state index contributed by atoms with van der Waals surface area (Å²) in [6, 6.07) is 6.99. The molecule has 0 N–H and O–H groups in total. The third-order valence-electron chi connectivity index (χ3n) is 2.44. The highest BCUT2D eigenvalue weighted by Gasteiger charge is 2.19. The number of nitro groups is 1. The molecular weight excluding hydrogens is 264 g/mol. The average Bonchev–Trinajstić information content (AvgIpc) is 2.47. The third kappa shape index (κ3) is 2.89. The minimum absolute atomic E-state index is 0.0501. The monoisotopic (exact) mass is 274 g/mol. The molecule has 0 bridgehead atoms. The Morgan fingerprint density at radius 1 is 1.35 bits per heavy atom. The van der Waals surface area contributed by atoms with E-state index in [1.807, 2.05) is 0 Å². The van der Waals surface area contributed by atoms with Crippen LogP contribution in [0.15, 0.2) is 42.7 Å². The summed E-state index contributed by atoms with van der Waals surface area (Å²) in [6.45, 7) is 0. The van der Waals surface area contributed by atoms with E-state index in [1.54, 1.807) is 18.3 Å². The summed E-state index contributed by atoms with van der Waals surface area (Å²) in [6.07, 6.45) is 2.96. The van der Waals surface area contributed by atoms with Crippen molar-refractivity contribution in [3.8, 4) is 11.5 Å². The van der Waals surface area contributed by atoms with Gasteiger partial charge in [0.05, 0.1) is 23.8 Å². The Balaban J connectivity index is 2.42. The normalized spacial score (nSPS) is 9.85. The van der Waals surface area contributed by atoms with Gasteiger partial charge in [0.1, 0.15) is 5.75 Å². The lowest BCUT2D eigenvalue weighted by molar-refractivity contribution is -0.385. The van der Waals surface area contributed by atoms with Crippen LogP contribution in [0.2, 0.25) is 0 Å². The minimum atomic E-state index is -0.601. The predicted molar refractivity (Wildman–Crippen MR) is 68.7 cm³/mol. The summed E-state index contributed by atoms with van der Waals surface area (Å²) < 4.78 is 9.96. The Kier molecular flexibility index (Phi) is 3.90. The number of carbonyl (C=O) groups is 1. The predicted octanol–water partition coefficient (Wildman–Crippen LogP) is 2.57. The summed E-state index contributed by atoms with van der Waals surface area (Å²) in [7, 11) is 1.23. The fraction of sp³-hybridized carbons (Fsp3) is 0.0769. The average molecular weight is 274 g/mol. The quantitative estimate of drug-likeness (QED) is 0.483. The number of pyridine rings is 1. The lowest BCUT2D eigenvalue weighted by Gasteiger charge is -2.07. The van der Waals surface area contributed by atoms with Crippen LogP contribution in [0, 0.1) is 10.1 Å². The van der Waals surface area contributed by atoms with Crippen LogP contribution in [0.1, 0.15) is 10.4 Å². The van der Waals surface area contributed by atoms with E-state index in [0.29, 0.717) is 5.75 Å². The first-order valence-corrected chi connectivity index (χ1v) is 5.56. The molecule has 1 heterocycles. The van der Waals surface area contributed by atoms with Gasteiger partial charge in [-0.05, 0) is 18.2 Å². The number of hydrogen-bond donors (Lipinski definition) is 0. The highest BCUT2D eigenvalue weighted by atomic mass is 16.6. The lowest BCUT2D eigenvalue weighted by Crippen LogP contribution is -2.02. The first-order chi connectivity index (χ1) is 9.61. The van der Waals surface area contributed by atoms with Crippen molar-refractivity contribution in [2.24, 2.45) is 0 Å². The van der Waals surface area contributed by atoms with Gasteiger partial charge in [-0.25, -0.2) is 4.79 Å². The Morgan fingerprint density at radius 2 is 2.15 bits per heavy atom. The van der Waals surface area contributed by atoms with Gasteiger partial charge in [0.25, 0.3) is 0 Å². The van der Waals surface area contributed by atoms with Crippen molar-refractivity contribution in [2.45, 2.75) is 0 Å². The van der Waals surface area contributed by atoms with E-state index >= 15 is 0 Å². The summed E-state index contributed by atoms with van der Waals surface area (Å²) in [5.74, 6) is -0.320. The van der Waals surface area contributed by atoms with Gasteiger partial charge >= 0.3 is 11.7 Å². The van der Waals surface area contributed by atoms with Crippen molar-refractivity contribution in [1.29, 1.82) is 0 Å². The zero-order chi connectivity index (χ0) is 14.5. The number of carbonyl (C=O) groups excluding carboxylic acids is 1. The number of esters is 1. The highest BCUT2D eigenvalue weighted by Crippen LogP contribution is 2.32. The number of methoxy groups -OCH3 is 1. The standard InChI is InChI=1S/C13H10N2O5/c1-19-13(16)9-4-5-11(15(17)18)12(7-9)20-10-3-2-6-14-8-10/h2-8H,1H3. The lowest BCUT2D eigenvalue weighted by atomic mass is 10.2. The van der Waals surface area contributed by atoms with E-state index in [-0.39, 0.29) is 17.0 Å². The van der Waals surface area contributed by atoms with Crippen LogP contribution in [-0.4, -0.2) is 23.0 Å². The molecule has 0 fully saturated rings. The number of aromatic nitrogens is 1. The van der Waals surface area contributed by atoms with Crippen LogP contribution in [-0.2, 0) is 4.74 Å². The van der Waals surface area contributed by atoms with Crippen molar-refractivity contribution < 1.29 is 19.2 Å². The fourth-order valence-corrected chi connectivity index (χ4v) is 1.53. The number of nitrogens with zero attached hydrogens (tertiary/aromatic N) is 2. The van der Waals surface area contributed by atoms with Crippen molar-refractivity contribution >= 4 is 11.7 Å². The number of ether oxygens (including phenoxy) is 2. The second kappa shape index (κ2) is 5.79. The van der Waals surface area contributed by atoms with Crippen molar-refractivity contribution in [1.82, 2.24) is 4.98 Å². The summed E-state index contributed by atoms with van der Waals surface area (Å²) in [5.41, 5.74) is -0.0847. The number of nitro benzene ring substituents is 1. The van der Waals surface area contributed by atoms with Gasteiger partial charge in [0, 0.05) is 18.3 Å². The van der Waals surface area contributed by atoms with Gasteiger partial charge in [-0.3, -0.25) is 15.1 Å². The van der Waals surface area contributed by atoms with Crippen molar-refractivity contribution in [3.05, 3.63) is 58.4 Å². The van der Waals surface area contributed by atoms with E-state index in [0.717, 1.165) is 0 Å². The molecule has 0 aliphatic carbocycles. The zero-order valence-corrected chi connectivity index (χ0v) is 10.5. The van der Waals surface area contributed by atoms with E-state index in [1.165, 1.54) is 31.5 Å². The van der Waals surface area contributed by atoms with Gasteiger partial charge in [0.15, 0.2) is 0 Å². The van der Waals surface area contributed by atoms with Gasteiger partial charge in [-0.2, -0.15) is 0 Å². The molecule has 0 spiro atoms. The maximum atomic E-state index is 11.4. The first kappa shape index (κ1) is 13.5. The maximum absolute atomic E-state index is 11.4. The van der Waals surface area contributed by atoms with Crippen LogP contribution in [0.5, 0.6) is 11.5 Å². The van der Waals surface area contributed by atoms with E-state index in [9.17, 15) is 14.9 Å². The smallest absolute Gasteiger partial charge is 0.337 e. The summed E-state index contributed by atoms with van der Waals surface area (Å²) >= 11 is 0. The van der Waals surface area contributed by atoms with Gasteiger partial charge < -0.3 is 9.47 Å². The van der Waals surface area contributed by atoms with E-state index in [2.05, 4.69) is 9.72 Å². The van der Waals surface area contributed by atoms with Gasteiger partial charge in [-0.15, -0.1) is 0 Å². The highest BCUT2D eigenvalue weighted by molar-refractivity contribution is 5.90. The van der Waals surface area contributed by atoms with Gasteiger partial charge in [0.2, 0.25) is 5.75 Å². The molecule has 0 aliphatic heterocycles. The second-order valence-electron chi connectivity index (χ2n) is 3.72. The van der Waals surface area contributed by atoms with E-state index in [4.69, 9.17) is 4.74 Å². The molecule has 102 valence electrons. The molecule has 0 radical (unpaired) electrons. The van der Waals surface area contributed by atoms with Gasteiger partial charge in [-0.1, -0.05) is 0 Å². The summed E-state index contributed by atoms with van der Waals surface area (Å²) in [4.78, 5) is 25.6.